The van der Waals surface area contributed by atoms with Gasteiger partial charge in [0.1, 0.15) is 24.7 Å². The van der Waals surface area contributed by atoms with E-state index in [2.05, 4.69) is 29.8 Å². The van der Waals surface area contributed by atoms with Gasteiger partial charge in [-0.05, 0) is 195 Å². The van der Waals surface area contributed by atoms with Crippen LogP contribution in [0.3, 0.4) is 0 Å². The standard InChI is InChI=1S/C74H60N6O12/c1-43(75-89-47(5)81)53-13-25-61(26-14-53)79-69-33-21-57(45(3)77-91-49(7)83)37-65(69)67-39-59(23-35-71(67)79)73(85)55-17-29-63(30-18-55)87-41-51-9-11-52(12-10-51)42-88-64-31-19-56(20-32-64)74(86)60-24-36-72-68(40-60)66-38-58(46(4)78-92-50(8)84)22-34-70(66)80(72)62-27-15-54(16-28-62)44(2)76-90-48(6)82/h9-40H,41-42H2,1-8H3. The molecule has 0 saturated carbocycles. The maximum atomic E-state index is 14.2. The molecule has 0 spiro atoms. The smallest absolute Gasteiger partial charge is 0.331 e. The fraction of sp³-hybridized carbons (Fsp3) is 0.135. The summed E-state index contributed by atoms with van der Waals surface area (Å²) in [6, 6.07) is 60.3. The zero-order valence-electron chi connectivity index (χ0n) is 51.5. The average molecular weight is 1230 g/mol. The van der Waals surface area contributed by atoms with Crippen LogP contribution in [0.2, 0.25) is 0 Å². The van der Waals surface area contributed by atoms with E-state index < -0.39 is 23.9 Å². The molecule has 92 heavy (non-hydrogen) atoms. The fourth-order valence-electron chi connectivity index (χ4n) is 10.6. The van der Waals surface area contributed by atoms with Crippen molar-refractivity contribution in [3.63, 3.8) is 0 Å². The Balaban J connectivity index is 0.740. The molecule has 0 aliphatic rings. The van der Waals surface area contributed by atoms with Crippen LogP contribution in [-0.2, 0) is 51.7 Å². The van der Waals surface area contributed by atoms with Gasteiger partial charge in [-0.15, -0.1) is 0 Å². The zero-order valence-corrected chi connectivity index (χ0v) is 51.5. The number of rotatable bonds is 20. The molecule has 0 amide bonds. The Hall–Kier alpha value is -11.9. The number of carbonyl (C=O) groups excluding carboxylic acids is 6. The molecular formula is C74H60N6O12. The van der Waals surface area contributed by atoms with Gasteiger partial charge in [-0.25, -0.2) is 19.2 Å². The van der Waals surface area contributed by atoms with Gasteiger partial charge in [-0.3, -0.25) is 9.59 Å². The number of ether oxygens (including phenoxy) is 2. The first-order chi connectivity index (χ1) is 44.3. The molecule has 0 bridgehead atoms. The summed E-state index contributed by atoms with van der Waals surface area (Å²) in [5, 5.41) is 19.2. The first-order valence-corrected chi connectivity index (χ1v) is 29.3. The van der Waals surface area contributed by atoms with Crippen LogP contribution in [0, 0.1) is 0 Å². The molecule has 0 N–H and O–H groups in total. The Bertz CT molecular complexity index is 4560. The maximum absolute atomic E-state index is 14.2. The minimum absolute atomic E-state index is 0.173. The molecule has 0 atom stereocenters. The van der Waals surface area contributed by atoms with Crippen molar-refractivity contribution >= 4 is 102 Å². The van der Waals surface area contributed by atoms with Gasteiger partial charge >= 0.3 is 23.9 Å². The summed E-state index contributed by atoms with van der Waals surface area (Å²) >= 11 is 0. The average Bonchev–Trinajstić information content (AvgIpc) is 1.60. The van der Waals surface area contributed by atoms with E-state index in [9.17, 15) is 28.8 Å². The third-order valence-corrected chi connectivity index (χ3v) is 15.3. The second-order valence-corrected chi connectivity index (χ2v) is 21.8. The summed E-state index contributed by atoms with van der Waals surface area (Å²) in [4.78, 5) is 93.8. The zero-order chi connectivity index (χ0) is 64.7. The van der Waals surface area contributed by atoms with Gasteiger partial charge in [0.05, 0.1) is 44.9 Å². The predicted octanol–water partition coefficient (Wildman–Crippen LogP) is 14.6. The Morgan fingerprint density at radius 3 is 0.837 bits per heavy atom. The monoisotopic (exact) mass is 1220 g/mol. The molecule has 11 aromatic rings. The van der Waals surface area contributed by atoms with Crippen LogP contribution in [0.5, 0.6) is 11.5 Å². The van der Waals surface area contributed by atoms with Crippen molar-refractivity contribution in [1.82, 2.24) is 9.13 Å². The van der Waals surface area contributed by atoms with Crippen molar-refractivity contribution in [2.75, 3.05) is 0 Å². The lowest BCUT2D eigenvalue weighted by atomic mass is 10.00. The van der Waals surface area contributed by atoms with Crippen LogP contribution < -0.4 is 9.47 Å². The van der Waals surface area contributed by atoms with Crippen molar-refractivity contribution in [2.24, 2.45) is 20.6 Å². The first-order valence-electron chi connectivity index (χ1n) is 29.3. The number of oxime groups is 4. The van der Waals surface area contributed by atoms with Gasteiger partial charge in [0.2, 0.25) is 0 Å². The van der Waals surface area contributed by atoms with Crippen molar-refractivity contribution in [3.05, 3.63) is 250 Å². The summed E-state index contributed by atoms with van der Waals surface area (Å²) in [7, 11) is 0. The van der Waals surface area contributed by atoms with Gasteiger partial charge in [-0.1, -0.05) is 81.3 Å². The number of benzene rings is 9. The lowest BCUT2D eigenvalue weighted by Gasteiger charge is -2.10. The molecule has 458 valence electrons. The van der Waals surface area contributed by atoms with Gasteiger partial charge in [0.15, 0.2) is 11.6 Å². The molecule has 18 heteroatoms. The minimum atomic E-state index is -0.533. The Morgan fingerprint density at radius 1 is 0.293 bits per heavy atom. The maximum Gasteiger partial charge on any atom is 0.331 e. The highest BCUT2D eigenvalue weighted by Gasteiger charge is 2.21. The second-order valence-electron chi connectivity index (χ2n) is 21.8. The number of ketones is 2. The number of nitrogens with zero attached hydrogens (tertiary/aromatic N) is 6. The van der Waals surface area contributed by atoms with E-state index in [1.165, 1.54) is 27.7 Å². The highest BCUT2D eigenvalue weighted by atomic mass is 16.7. The van der Waals surface area contributed by atoms with Gasteiger partial charge < -0.3 is 38.0 Å². The number of hydrogen-bond acceptors (Lipinski definition) is 16. The third kappa shape index (κ3) is 13.7. The highest BCUT2D eigenvalue weighted by molar-refractivity contribution is 6.18. The highest BCUT2D eigenvalue weighted by Crippen LogP contribution is 2.37. The van der Waals surface area contributed by atoms with E-state index in [4.69, 9.17) is 28.8 Å². The number of carbonyl (C=O) groups is 6. The molecule has 2 heterocycles. The molecular weight excluding hydrogens is 1160 g/mol. The largest absolute Gasteiger partial charge is 0.489 e. The van der Waals surface area contributed by atoms with Gasteiger partial charge in [-0.2, -0.15) is 0 Å². The summed E-state index contributed by atoms with van der Waals surface area (Å²) < 4.78 is 16.5. The molecule has 0 saturated heterocycles. The van der Waals surface area contributed by atoms with Crippen LogP contribution in [-0.4, -0.2) is 67.4 Å². The predicted molar refractivity (Wildman–Crippen MR) is 352 cm³/mol. The van der Waals surface area contributed by atoms with Gasteiger partial charge in [0.25, 0.3) is 0 Å². The molecule has 0 aliphatic carbocycles. The van der Waals surface area contributed by atoms with E-state index in [1.807, 2.05) is 146 Å². The van der Waals surface area contributed by atoms with Crippen LogP contribution in [0.1, 0.15) is 121 Å². The van der Waals surface area contributed by atoms with Gasteiger partial charge in [0, 0.05) is 82.9 Å². The van der Waals surface area contributed by atoms with Crippen LogP contribution in [0.25, 0.3) is 55.0 Å². The quantitative estimate of drug-likeness (QED) is 0.0301. The summed E-state index contributed by atoms with van der Waals surface area (Å²) in [6.45, 7) is 12.8. The number of aromatic nitrogens is 2. The lowest BCUT2D eigenvalue weighted by molar-refractivity contribution is -0.141. The first kappa shape index (κ1) is 61.7. The summed E-state index contributed by atoms with van der Waals surface area (Å²) in [5.41, 5.74) is 14.0. The molecule has 0 radical (unpaired) electrons. The molecule has 9 aromatic carbocycles. The molecule has 0 unspecified atom stereocenters. The molecule has 18 nitrogen and oxygen atoms in total. The van der Waals surface area contributed by atoms with Crippen molar-refractivity contribution in [3.8, 4) is 22.9 Å². The molecule has 0 aliphatic heterocycles. The molecule has 0 fully saturated rings. The SMILES string of the molecule is CC(=O)ON=C(C)c1ccc(-n2c3ccc(C(=O)c4ccc(OCc5ccc(COc6ccc(C(=O)c7ccc8c(c7)c7cc(C(C)=NOC(C)=O)ccc7n8-c7ccc(C(C)=NOC(C)=O)cc7)cc6)cc5)cc4)cc3c3cc(C(C)=NOC(C)=O)ccc32)cc1. The normalized spacial score (nSPS) is 12.1. The fourth-order valence-corrected chi connectivity index (χ4v) is 10.6. The Labute approximate surface area is 528 Å². The third-order valence-electron chi connectivity index (χ3n) is 15.3. The lowest BCUT2D eigenvalue weighted by Crippen LogP contribution is -2.03. The number of fused-ring (bicyclic) bond motifs is 6. The Kier molecular flexibility index (Phi) is 18.0. The van der Waals surface area contributed by atoms with Crippen molar-refractivity contribution in [1.29, 1.82) is 0 Å². The van der Waals surface area contributed by atoms with E-state index in [0.717, 1.165) is 88.4 Å². The molecule has 11 rings (SSSR count). The second kappa shape index (κ2) is 26.8. The van der Waals surface area contributed by atoms with Crippen molar-refractivity contribution in [2.45, 2.75) is 68.6 Å². The van der Waals surface area contributed by atoms with E-state index in [1.54, 1.807) is 76.2 Å². The topological polar surface area (TPSA) is 217 Å². The summed E-state index contributed by atoms with van der Waals surface area (Å²) in [6.07, 6.45) is 0. The minimum Gasteiger partial charge on any atom is -0.489 e. The Morgan fingerprint density at radius 2 is 0.543 bits per heavy atom. The number of hydrogen-bond donors (Lipinski definition) is 0. The van der Waals surface area contributed by atoms with Crippen molar-refractivity contribution < 1.29 is 57.6 Å². The van der Waals surface area contributed by atoms with E-state index in [0.29, 0.717) is 56.6 Å². The van der Waals surface area contributed by atoms with E-state index >= 15 is 0 Å². The summed E-state index contributed by atoms with van der Waals surface area (Å²) in [5.74, 6) is -1.25. The van der Waals surface area contributed by atoms with Crippen LogP contribution >= 0.6 is 0 Å². The van der Waals surface area contributed by atoms with Crippen LogP contribution in [0.4, 0.5) is 0 Å². The van der Waals surface area contributed by atoms with Crippen LogP contribution in [0.15, 0.2) is 215 Å². The van der Waals surface area contributed by atoms with E-state index in [-0.39, 0.29) is 24.8 Å². The molecule has 2 aromatic heterocycles.